The van der Waals surface area contributed by atoms with Crippen molar-refractivity contribution >= 4 is 34.5 Å². The number of benzene rings is 1. The Morgan fingerprint density at radius 3 is 2.33 bits per heavy atom. The Balaban J connectivity index is 2.25. The second-order valence-electron chi connectivity index (χ2n) is 7.81. The molecule has 0 aliphatic heterocycles. The number of halogens is 1. The smallest absolute Gasteiger partial charge is 0.106 e. The van der Waals surface area contributed by atoms with Crippen molar-refractivity contribution < 1.29 is 0 Å². The summed E-state index contributed by atoms with van der Waals surface area (Å²) in [4.78, 5) is 0.406. The maximum atomic E-state index is 6.13. The van der Waals surface area contributed by atoms with Crippen LogP contribution in [-0.2, 0) is 0 Å². The van der Waals surface area contributed by atoms with E-state index in [1.54, 1.807) is 0 Å². The van der Waals surface area contributed by atoms with E-state index in [1.807, 2.05) is 18.2 Å². The third-order valence-electron chi connectivity index (χ3n) is 4.16. The number of rotatable bonds is 3. The summed E-state index contributed by atoms with van der Waals surface area (Å²) in [6.07, 6.45) is 3.52. The van der Waals surface area contributed by atoms with Crippen molar-refractivity contribution in [3.63, 3.8) is 0 Å². The predicted octanol–water partition coefficient (Wildman–Crippen LogP) is 4.99. The second kappa shape index (κ2) is 5.77. The molecule has 0 radical (unpaired) electrons. The monoisotopic (exact) mass is 324 g/mol. The highest BCUT2D eigenvalue weighted by Crippen LogP contribution is 2.46. The molecular weight excluding hydrogens is 300 g/mol. The van der Waals surface area contributed by atoms with Crippen LogP contribution in [0.4, 0.5) is 5.69 Å². The molecule has 1 aliphatic rings. The number of nitrogens with one attached hydrogen (secondary N) is 1. The Morgan fingerprint density at radius 1 is 1.24 bits per heavy atom. The van der Waals surface area contributed by atoms with E-state index in [4.69, 9.17) is 29.6 Å². The maximum absolute atomic E-state index is 6.13. The minimum absolute atomic E-state index is 0.335. The molecule has 2 nitrogen and oxygen atoms in total. The van der Waals surface area contributed by atoms with E-state index in [1.165, 1.54) is 6.42 Å². The molecule has 0 amide bonds. The van der Waals surface area contributed by atoms with Gasteiger partial charge >= 0.3 is 0 Å². The van der Waals surface area contributed by atoms with Crippen molar-refractivity contribution in [3.05, 3.63) is 28.8 Å². The maximum Gasteiger partial charge on any atom is 0.106 e. The van der Waals surface area contributed by atoms with Gasteiger partial charge in [-0.25, -0.2) is 0 Å². The Morgan fingerprint density at radius 2 is 1.81 bits per heavy atom. The summed E-state index contributed by atoms with van der Waals surface area (Å²) >= 11 is 11.3. The van der Waals surface area contributed by atoms with E-state index in [0.29, 0.717) is 26.9 Å². The highest BCUT2D eigenvalue weighted by Gasteiger charge is 2.38. The molecule has 1 saturated carbocycles. The van der Waals surface area contributed by atoms with Crippen molar-refractivity contribution in [3.8, 4) is 0 Å². The molecular formula is C17H25ClN2S. The van der Waals surface area contributed by atoms with Crippen LogP contribution in [0.1, 0.15) is 52.5 Å². The molecule has 1 aromatic carbocycles. The van der Waals surface area contributed by atoms with E-state index in [-0.39, 0.29) is 0 Å². The zero-order valence-electron chi connectivity index (χ0n) is 13.3. The van der Waals surface area contributed by atoms with Crippen molar-refractivity contribution in [2.45, 2.75) is 53.0 Å². The van der Waals surface area contributed by atoms with Crippen LogP contribution in [0.5, 0.6) is 0 Å². The standard InChI is InChI=1S/C17H25ClN2S/c1-16(2)8-12(9-17(3,4)10-16)20-14-7-11(18)5-6-13(14)15(19)21/h5-7,12,20H,8-10H2,1-4H3,(H2,19,21). The lowest BCUT2D eigenvalue weighted by atomic mass is 9.63. The lowest BCUT2D eigenvalue weighted by Crippen LogP contribution is -2.40. The van der Waals surface area contributed by atoms with Gasteiger partial charge in [-0.3, -0.25) is 0 Å². The summed E-state index contributed by atoms with van der Waals surface area (Å²) in [5, 5.41) is 4.33. The first-order valence-electron chi connectivity index (χ1n) is 7.44. The summed E-state index contributed by atoms with van der Waals surface area (Å²) in [6.45, 7) is 9.37. The normalized spacial score (nSPS) is 21.0. The fourth-order valence-corrected chi connectivity index (χ4v) is 4.37. The molecule has 0 unspecified atom stereocenters. The zero-order chi connectivity index (χ0) is 15.8. The van der Waals surface area contributed by atoms with Gasteiger partial charge in [0.15, 0.2) is 0 Å². The predicted molar refractivity (Wildman–Crippen MR) is 96.2 cm³/mol. The van der Waals surface area contributed by atoms with Gasteiger partial charge in [0, 0.05) is 22.3 Å². The van der Waals surface area contributed by atoms with E-state index in [9.17, 15) is 0 Å². The van der Waals surface area contributed by atoms with E-state index >= 15 is 0 Å². The first-order valence-corrected chi connectivity index (χ1v) is 8.23. The molecule has 1 aromatic rings. The molecule has 0 saturated heterocycles. The van der Waals surface area contributed by atoms with Crippen LogP contribution >= 0.6 is 23.8 Å². The molecule has 3 N–H and O–H groups in total. The number of nitrogens with two attached hydrogens (primary N) is 1. The molecule has 0 heterocycles. The molecule has 116 valence electrons. The molecule has 0 spiro atoms. The molecule has 1 fully saturated rings. The Bertz CT molecular complexity index is 536. The minimum atomic E-state index is 0.335. The fraction of sp³-hybridized carbons (Fsp3) is 0.588. The van der Waals surface area contributed by atoms with Crippen LogP contribution in [0.2, 0.25) is 5.02 Å². The van der Waals surface area contributed by atoms with Crippen molar-refractivity contribution in [2.24, 2.45) is 16.6 Å². The number of anilines is 1. The topological polar surface area (TPSA) is 38.0 Å². The number of hydrogen-bond donors (Lipinski definition) is 2. The van der Waals surface area contributed by atoms with Gasteiger partial charge < -0.3 is 11.1 Å². The van der Waals surface area contributed by atoms with E-state index in [0.717, 1.165) is 24.1 Å². The average molecular weight is 325 g/mol. The van der Waals surface area contributed by atoms with Gasteiger partial charge in [0.25, 0.3) is 0 Å². The Kier molecular flexibility index (Phi) is 4.55. The largest absolute Gasteiger partial charge is 0.389 e. The van der Waals surface area contributed by atoms with Gasteiger partial charge in [0.2, 0.25) is 0 Å². The van der Waals surface area contributed by atoms with Gasteiger partial charge in [-0.1, -0.05) is 51.5 Å². The quantitative estimate of drug-likeness (QED) is 0.769. The zero-order valence-corrected chi connectivity index (χ0v) is 14.9. The van der Waals surface area contributed by atoms with Crippen LogP contribution in [0.15, 0.2) is 18.2 Å². The van der Waals surface area contributed by atoms with E-state index < -0.39 is 0 Å². The third kappa shape index (κ3) is 4.33. The summed E-state index contributed by atoms with van der Waals surface area (Å²) in [7, 11) is 0. The first kappa shape index (κ1) is 16.6. The minimum Gasteiger partial charge on any atom is -0.389 e. The molecule has 4 heteroatoms. The van der Waals surface area contributed by atoms with Gasteiger partial charge in [-0.2, -0.15) is 0 Å². The molecule has 21 heavy (non-hydrogen) atoms. The third-order valence-corrected chi connectivity index (χ3v) is 4.62. The van der Waals surface area contributed by atoms with E-state index in [2.05, 4.69) is 33.0 Å². The van der Waals surface area contributed by atoms with Crippen LogP contribution in [0.25, 0.3) is 0 Å². The molecule has 0 bridgehead atoms. The van der Waals surface area contributed by atoms with Gasteiger partial charge in [0.1, 0.15) is 4.99 Å². The molecule has 2 rings (SSSR count). The van der Waals surface area contributed by atoms with Gasteiger partial charge in [0.05, 0.1) is 0 Å². The van der Waals surface area contributed by atoms with Gasteiger partial charge in [-0.15, -0.1) is 0 Å². The van der Waals surface area contributed by atoms with Crippen LogP contribution in [0.3, 0.4) is 0 Å². The Hall–Kier alpha value is -0.800. The summed E-state index contributed by atoms with van der Waals surface area (Å²) in [5.74, 6) is 0. The van der Waals surface area contributed by atoms with Crippen LogP contribution < -0.4 is 11.1 Å². The average Bonchev–Trinajstić information content (AvgIpc) is 2.23. The lowest BCUT2D eigenvalue weighted by molar-refractivity contribution is 0.105. The SMILES string of the molecule is CC1(C)CC(Nc2cc(Cl)ccc2C(N)=S)CC(C)(C)C1. The molecule has 0 aromatic heterocycles. The van der Waals surface area contributed by atoms with Crippen molar-refractivity contribution in [1.82, 2.24) is 0 Å². The second-order valence-corrected chi connectivity index (χ2v) is 8.69. The van der Waals surface area contributed by atoms with Crippen LogP contribution in [-0.4, -0.2) is 11.0 Å². The fourth-order valence-electron chi connectivity index (χ4n) is 4.02. The molecule has 0 atom stereocenters. The van der Waals surface area contributed by atoms with Crippen molar-refractivity contribution in [1.29, 1.82) is 0 Å². The van der Waals surface area contributed by atoms with Crippen LogP contribution in [0, 0.1) is 10.8 Å². The summed E-state index contributed by atoms with van der Waals surface area (Å²) in [6, 6.07) is 6.06. The van der Waals surface area contributed by atoms with Crippen molar-refractivity contribution in [2.75, 3.05) is 5.32 Å². The summed E-state index contributed by atoms with van der Waals surface area (Å²) in [5.41, 5.74) is 8.32. The lowest BCUT2D eigenvalue weighted by Gasteiger charge is -2.45. The summed E-state index contributed by atoms with van der Waals surface area (Å²) < 4.78 is 0. The molecule has 1 aliphatic carbocycles. The first-order chi connectivity index (χ1) is 9.58. The Labute approximate surface area is 138 Å². The van der Waals surface area contributed by atoms with Gasteiger partial charge in [-0.05, 0) is 48.3 Å². The highest BCUT2D eigenvalue weighted by molar-refractivity contribution is 7.80. The highest BCUT2D eigenvalue weighted by atomic mass is 35.5. The number of thiocarbonyl (C=S) groups is 1. The number of hydrogen-bond acceptors (Lipinski definition) is 2.